The van der Waals surface area contributed by atoms with Crippen LogP contribution in [0.15, 0.2) is 17.5 Å². The first-order valence-corrected chi connectivity index (χ1v) is 8.16. The summed E-state index contributed by atoms with van der Waals surface area (Å²) in [5, 5.41) is 4.64. The van der Waals surface area contributed by atoms with Crippen LogP contribution in [0.1, 0.15) is 24.1 Å². The van der Waals surface area contributed by atoms with E-state index in [2.05, 4.69) is 10.1 Å². The van der Waals surface area contributed by atoms with Crippen molar-refractivity contribution in [2.45, 2.75) is 31.7 Å². The van der Waals surface area contributed by atoms with Crippen molar-refractivity contribution in [1.29, 1.82) is 0 Å². The summed E-state index contributed by atoms with van der Waals surface area (Å²) in [5.74, 6) is -0.577. The van der Waals surface area contributed by atoms with E-state index in [1.54, 1.807) is 4.90 Å². The van der Waals surface area contributed by atoms with Crippen LogP contribution >= 0.6 is 11.3 Å². The number of ether oxygens (including phenoxy) is 1. The van der Waals surface area contributed by atoms with Crippen LogP contribution in [0.4, 0.5) is 0 Å². The molecule has 1 fully saturated rings. The van der Waals surface area contributed by atoms with Gasteiger partial charge in [-0.3, -0.25) is 14.4 Å². The van der Waals surface area contributed by atoms with E-state index < -0.39 is 6.04 Å². The maximum absolute atomic E-state index is 12.3. The molecule has 6 nitrogen and oxygen atoms in total. The van der Waals surface area contributed by atoms with E-state index in [0.29, 0.717) is 19.4 Å². The second-order valence-electron chi connectivity index (χ2n) is 5.12. The van der Waals surface area contributed by atoms with Gasteiger partial charge in [0, 0.05) is 18.0 Å². The van der Waals surface area contributed by atoms with Crippen molar-refractivity contribution >= 4 is 29.1 Å². The Balaban J connectivity index is 1.85. The standard InChI is InChI=1S/C15H20N2O4S/c1-21-14(19)6-7-16-15(20)12-5-2-8-17(12)13(18)10-11-4-3-9-22-11/h3-4,9,12H,2,5-8,10H2,1H3,(H,16,20). The quantitative estimate of drug-likeness (QED) is 0.791. The van der Waals surface area contributed by atoms with Crippen LogP contribution in [-0.2, 0) is 25.5 Å². The summed E-state index contributed by atoms with van der Waals surface area (Å²) in [6.45, 7) is 0.842. The lowest BCUT2D eigenvalue weighted by atomic mass is 10.2. The second kappa shape index (κ2) is 7.93. The molecular weight excluding hydrogens is 304 g/mol. The van der Waals surface area contributed by atoms with Crippen molar-refractivity contribution in [3.63, 3.8) is 0 Å². The Morgan fingerprint density at radius 2 is 2.27 bits per heavy atom. The Morgan fingerprint density at radius 3 is 2.95 bits per heavy atom. The number of esters is 1. The first kappa shape index (κ1) is 16.5. The van der Waals surface area contributed by atoms with Gasteiger partial charge in [0.25, 0.3) is 0 Å². The summed E-state index contributed by atoms with van der Waals surface area (Å²) in [5.41, 5.74) is 0. The normalized spacial score (nSPS) is 17.3. The molecule has 0 aliphatic carbocycles. The minimum absolute atomic E-state index is 0.0203. The number of likely N-dealkylation sites (tertiary alicyclic amines) is 1. The fraction of sp³-hybridized carbons (Fsp3) is 0.533. The number of carbonyl (C=O) groups excluding carboxylic acids is 3. The monoisotopic (exact) mass is 324 g/mol. The summed E-state index contributed by atoms with van der Waals surface area (Å²) >= 11 is 1.54. The maximum atomic E-state index is 12.3. The lowest BCUT2D eigenvalue weighted by molar-refractivity contribution is -0.141. The summed E-state index contributed by atoms with van der Waals surface area (Å²) in [6.07, 6.45) is 1.97. The fourth-order valence-electron chi connectivity index (χ4n) is 2.51. The van der Waals surface area contributed by atoms with E-state index >= 15 is 0 Å². The van der Waals surface area contributed by atoms with Gasteiger partial charge in [-0.05, 0) is 24.3 Å². The molecule has 0 radical (unpaired) electrons. The van der Waals surface area contributed by atoms with Crippen molar-refractivity contribution in [3.8, 4) is 0 Å². The third kappa shape index (κ3) is 4.30. The largest absolute Gasteiger partial charge is 0.469 e. The van der Waals surface area contributed by atoms with E-state index in [9.17, 15) is 14.4 Å². The number of carbonyl (C=O) groups is 3. The van der Waals surface area contributed by atoms with Crippen LogP contribution < -0.4 is 5.32 Å². The van der Waals surface area contributed by atoms with Gasteiger partial charge < -0.3 is 15.0 Å². The Hall–Kier alpha value is -1.89. The van der Waals surface area contributed by atoms with E-state index in [1.807, 2.05) is 17.5 Å². The van der Waals surface area contributed by atoms with Crippen LogP contribution in [0, 0.1) is 0 Å². The predicted molar refractivity (Wildman–Crippen MR) is 82.4 cm³/mol. The Morgan fingerprint density at radius 1 is 1.45 bits per heavy atom. The van der Waals surface area contributed by atoms with Gasteiger partial charge in [-0.2, -0.15) is 0 Å². The molecule has 1 aromatic heterocycles. The first-order valence-electron chi connectivity index (χ1n) is 7.28. The van der Waals surface area contributed by atoms with Crippen molar-refractivity contribution in [1.82, 2.24) is 10.2 Å². The zero-order valence-corrected chi connectivity index (χ0v) is 13.4. The summed E-state index contributed by atoms with van der Waals surface area (Å²) < 4.78 is 4.52. The molecular formula is C15H20N2O4S. The predicted octanol–water partition coefficient (Wildman–Crippen LogP) is 0.961. The highest BCUT2D eigenvalue weighted by atomic mass is 32.1. The minimum atomic E-state index is -0.426. The number of nitrogens with zero attached hydrogens (tertiary/aromatic N) is 1. The molecule has 0 spiro atoms. The molecule has 22 heavy (non-hydrogen) atoms. The smallest absolute Gasteiger partial charge is 0.307 e. The average molecular weight is 324 g/mol. The molecule has 1 N–H and O–H groups in total. The van der Waals surface area contributed by atoms with Crippen LogP contribution in [-0.4, -0.2) is 48.9 Å². The lowest BCUT2D eigenvalue weighted by Crippen LogP contribution is -2.46. The lowest BCUT2D eigenvalue weighted by Gasteiger charge is -2.23. The molecule has 120 valence electrons. The molecule has 2 amide bonds. The molecule has 1 aliphatic heterocycles. The molecule has 1 atom stereocenters. The van der Waals surface area contributed by atoms with E-state index in [4.69, 9.17) is 0 Å². The summed E-state index contributed by atoms with van der Waals surface area (Å²) in [4.78, 5) is 38.2. The molecule has 7 heteroatoms. The van der Waals surface area contributed by atoms with Gasteiger partial charge in [-0.25, -0.2) is 0 Å². The first-order chi connectivity index (χ1) is 10.6. The van der Waals surface area contributed by atoms with Gasteiger partial charge >= 0.3 is 5.97 Å². The molecule has 2 rings (SSSR count). The van der Waals surface area contributed by atoms with Gasteiger partial charge in [-0.1, -0.05) is 6.07 Å². The molecule has 2 heterocycles. The van der Waals surface area contributed by atoms with Crippen molar-refractivity contribution in [2.75, 3.05) is 20.2 Å². The van der Waals surface area contributed by atoms with Crippen LogP contribution in [0.25, 0.3) is 0 Å². The Kier molecular flexibility index (Phi) is 5.94. The van der Waals surface area contributed by atoms with E-state index in [-0.39, 0.29) is 30.7 Å². The van der Waals surface area contributed by atoms with Crippen molar-refractivity contribution in [3.05, 3.63) is 22.4 Å². The molecule has 1 unspecified atom stereocenters. The number of hydrogen-bond donors (Lipinski definition) is 1. The molecule has 0 aromatic carbocycles. The van der Waals surface area contributed by atoms with Gasteiger partial charge in [0.05, 0.1) is 20.0 Å². The van der Waals surface area contributed by atoms with Gasteiger partial charge in [0.15, 0.2) is 0 Å². The summed E-state index contributed by atoms with van der Waals surface area (Å²) in [7, 11) is 1.31. The Labute approximate surface area is 133 Å². The second-order valence-corrected chi connectivity index (χ2v) is 6.15. The average Bonchev–Trinajstić information content (AvgIpc) is 3.17. The third-order valence-electron chi connectivity index (χ3n) is 3.64. The SMILES string of the molecule is COC(=O)CCNC(=O)C1CCCN1C(=O)Cc1cccs1. The Bertz CT molecular complexity index is 530. The number of nitrogens with one attached hydrogen (secondary N) is 1. The molecule has 1 saturated heterocycles. The van der Waals surface area contributed by atoms with Gasteiger partial charge in [0.2, 0.25) is 11.8 Å². The topological polar surface area (TPSA) is 75.7 Å². The zero-order valence-electron chi connectivity index (χ0n) is 12.5. The highest BCUT2D eigenvalue weighted by Gasteiger charge is 2.33. The summed E-state index contributed by atoms with van der Waals surface area (Å²) in [6, 6.07) is 3.41. The highest BCUT2D eigenvalue weighted by molar-refractivity contribution is 7.10. The molecule has 1 aromatic rings. The van der Waals surface area contributed by atoms with E-state index in [0.717, 1.165) is 11.3 Å². The fourth-order valence-corrected chi connectivity index (χ4v) is 3.21. The van der Waals surface area contributed by atoms with Crippen LogP contribution in [0.3, 0.4) is 0 Å². The number of methoxy groups -OCH3 is 1. The molecule has 0 bridgehead atoms. The zero-order chi connectivity index (χ0) is 15.9. The highest BCUT2D eigenvalue weighted by Crippen LogP contribution is 2.20. The number of hydrogen-bond acceptors (Lipinski definition) is 5. The number of rotatable bonds is 6. The van der Waals surface area contributed by atoms with Crippen molar-refractivity contribution < 1.29 is 19.1 Å². The number of thiophene rings is 1. The number of amides is 2. The minimum Gasteiger partial charge on any atom is -0.469 e. The van der Waals surface area contributed by atoms with Crippen molar-refractivity contribution in [2.24, 2.45) is 0 Å². The van der Waals surface area contributed by atoms with Crippen LogP contribution in [0.5, 0.6) is 0 Å². The van der Waals surface area contributed by atoms with Gasteiger partial charge in [0.1, 0.15) is 6.04 Å². The molecule has 0 saturated carbocycles. The molecule has 1 aliphatic rings. The van der Waals surface area contributed by atoms with E-state index in [1.165, 1.54) is 18.4 Å². The third-order valence-corrected chi connectivity index (χ3v) is 4.51. The van der Waals surface area contributed by atoms with Crippen LogP contribution in [0.2, 0.25) is 0 Å². The van der Waals surface area contributed by atoms with Gasteiger partial charge in [-0.15, -0.1) is 11.3 Å². The maximum Gasteiger partial charge on any atom is 0.307 e.